The first-order chi connectivity index (χ1) is 12.8. The lowest BCUT2D eigenvalue weighted by molar-refractivity contribution is -0.137. The van der Waals surface area contributed by atoms with Gasteiger partial charge in [-0.1, -0.05) is 24.6 Å². The average molecular weight is 508 g/mol. The van der Waals surface area contributed by atoms with Gasteiger partial charge in [0.1, 0.15) is 12.2 Å². The number of halogens is 4. The lowest BCUT2D eigenvalue weighted by atomic mass is 9.64. The van der Waals surface area contributed by atoms with E-state index < -0.39 is 11.7 Å². The van der Waals surface area contributed by atoms with E-state index in [-0.39, 0.29) is 29.4 Å². The molecule has 10 heteroatoms. The molecule has 2 N–H and O–H groups in total. The fourth-order valence-electron chi connectivity index (χ4n) is 3.31. The molecule has 0 amide bonds. The first kappa shape index (κ1) is 22.4. The van der Waals surface area contributed by atoms with Crippen LogP contribution in [0.1, 0.15) is 36.2 Å². The molecule has 0 radical (unpaired) electrons. The van der Waals surface area contributed by atoms with Crippen molar-refractivity contribution >= 4 is 29.9 Å². The van der Waals surface area contributed by atoms with Crippen molar-refractivity contribution in [1.82, 2.24) is 25.4 Å². The summed E-state index contributed by atoms with van der Waals surface area (Å²) in [5, 5.41) is 10.4. The van der Waals surface area contributed by atoms with Crippen molar-refractivity contribution in [2.45, 2.75) is 37.4 Å². The molecule has 3 rings (SSSR count). The zero-order valence-corrected chi connectivity index (χ0v) is 18.1. The average Bonchev–Trinajstić information content (AvgIpc) is 3.01. The summed E-state index contributed by atoms with van der Waals surface area (Å²) in [5.74, 6) is 1.34. The second kappa shape index (κ2) is 9.10. The zero-order chi connectivity index (χ0) is 19.5. The van der Waals surface area contributed by atoms with E-state index in [1.807, 2.05) is 0 Å². The second-order valence-electron chi connectivity index (χ2n) is 6.79. The van der Waals surface area contributed by atoms with Crippen LogP contribution in [0, 0.1) is 0 Å². The summed E-state index contributed by atoms with van der Waals surface area (Å²) in [5.41, 5.74) is -0.181. The maximum atomic E-state index is 13.1. The molecule has 1 saturated carbocycles. The number of guanidine groups is 1. The van der Waals surface area contributed by atoms with Crippen molar-refractivity contribution in [3.05, 3.63) is 47.5 Å². The number of hydrogen-bond donors (Lipinski definition) is 2. The number of nitrogens with zero attached hydrogens (tertiary/aromatic N) is 4. The number of aliphatic imine (C=N–C) groups is 1. The Kier molecular flexibility index (Phi) is 7.29. The van der Waals surface area contributed by atoms with Crippen molar-refractivity contribution < 1.29 is 13.2 Å². The lowest BCUT2D eigenvalue weighted by Gasteiger charge is -2.43. The molecular formula is C18H24F3IN6. The van der Waals surface area contributed by atoms with E-state index in [1.54, 1.807) is 24.8 Å². The van der Waals surface area contributed by atoms with E-state index >= 15 is 0 Å². The van der Waals surface area contributed by atoms with Crippen LogP contribution < -0.4 is 10.6 Å². The number of nitrogens with one attached hydrogen (secondary N) is 2. The van der Waals surface area contributed by atoms with Gasteiger partial charge >= 0.3 is 6.18 Å². The minimum Gasteiger partial charge on any atom is -0.356 e. The Morgan fingerprint density at radius 3 is 2.57 bits per heavy atom. The van der Waals surface area contributed by atoms with Crippen molar-refractivity contribution in [2.75, 3.05) is 13.6 Å². The van der Waals surface area contributed by atoms with Gasteiger partial charge < -0.3 is 10.6 Å². The lowest BCUT2D eigenvalue weighted by Crippen LogP contribution is -2.48. The van der Waals surface area contributed by atoms with Gasteiger partial charge in [0.15, 0.2) is 5.96 Å². The molecule has 6 nitrogen and oxygen atoms in total. The van der Waals surface area contributed by atoms with Gasteiger partial charge in [0, 0.05) is 26.1 Å². The number of benzene rings is 1. The third-order valence-corrected chi connectivity index (χ3v) is 5.15. The molecule has 0 saturated heterocycles. The van der Waals surface area contributed by atoms with Crippen molar-refractivity contribution in [3.63, 3.8) is 0 Å². The number of hydrogen-bond acceptors (Lipinski definition) is 3. The van der Waals surface area contributed by atoms with Crippen molar-refractivity contribution in [1.29, 1.82) is 0 Å². The smallest absolute Gasteiger partial charge is 0.356 e. The van der Waals surface area contributed by atoms with Gasteiger partial charge in [-0.25, -0.2) is 4.98 Å². The molecule has 28 heavy (non-hydrogen) atoms. The molecule has 1 aromatic carbocycles. The zero-order valence-electron chi connectivity index (χ0n) is 15.8. The maximum Gasteiger partial charge on any atom is 0.416 e. The highest BCUT2D eigenvalue weighted by molar-refractivity contribution is 14.0. The van der Waals surface area contributed by atoms with Gasteiger partial charge in [-0.3, -0.25) is 9.67 Å². The molecule has 0 atom stereocenters. The topological polar surface area (TPSA) is 67.1 Å². The Balaban J connectivity index is 0.00000280. The van der Waals surface area contributed by atoms with E-state index in [4.69, 9.17) is 0 Å². The fraction of sp³-hybridized carbons (Fsp3) is 0.500. The van der Waals surface area contributed by atoms with Crippen LogP contribution in [0.25, 0.3) is 0 Å². The molecule has 154 valence electrons. The van der Waals surface area contributed by atoms with Gasteiger partial charge in [-0.15, -0.1) is 24.0 Å². The summed E-state index contributed by atoms with van der Waals surface area (Å²) in [7, 11) is 3.46. The Morgan fingerprint density at radius 2 is 2.04 bits per heavy atom. The van der Waals surface area contributed by atoms with Crippen molar-refractivity contribution in [3.8, 4) is 0 Å². The number of aromatic nitrogens is 3. The van der Waals surface area contributed by atoms with Crippen LogP contribution in [-0.4, -0.2) is 34.3 Å². The summed E-state index contributed by atoms with van der Waals surface area (Å²) in [6.45, 7) is 0.972. The van der Waals surface area contributed by atoms with E-state index in [1.165, 1.54) is 18.5 Å². The predicted molar refractivity (Wildman–Crippen MR) is 112 cm³/mol. The Labute approximate surface area is 179 Å². The van der Waals surface area contributed by atoms with Gasteiger partial charge in [0.25, 0.3) is 0 Å². The Hall–Kier alpha value is -1.85. The van der Waals surface area contributed by atoms with E-state index in [0.29, 0.717) is 19.0 Å². The van der Waals surface area contributed by atoms with Gasteiger partial charge in [0.05, 0.1) is 12.1 Å². The first-order valence-electron chi connectivity index (χ1n) is 8.79. The highest BCUT2D eigenvalue weighted by Gasteiger charge is 2.40. The molecular weight excluding hydrogens is 484 g/mol. The Morgan fingerprint density at radius 1 is 1.29 bits per heavy atom. The summed E-state index contributed by atoms with van der Waals surface area (Å²) in [4.78, 5) is 8.32. The molecule has 1 heterocycles. The van der Waals surface area contributed by atoms with Crippen LogP contribution in [0.15, 0.2) is 35.6 Å². The first-order valence-corrected chi connectivity index (χ1v) is 8.79. The molecule has 1 aromatic heterocycles. The summed E-state index contributed by atoms with van der Waals surface area (Å²) in [6, 6.07) is 5.66. The molecule has 1 aliphatic rings. The SMILES string of the molecule is CN=C(NCc1ncnn1C)NCC1(c2cccc(C(F)(F)F)c2)CCC1.I. The minimum absolute atomic E-state index is 0. The third-order valence-electron chi connectivity index (χ3n) is 5.15. The molecule has 1 aliphatic carbocycles. The van der Waals surface area contributed by atoms with E-state index in [9.17, 15) is 13.2 Å². The molecule has 0 aliphatic heterocycles. The van der Waals surface area contributed by atoms with E-state index in [0.717, 1.165) is 36.7 Å². The molecule has 0 bridgehead atoms. The summed E-state index contributed by atoms with van der Waals surface area (Å²) >= 11 is 0. The molecule has 1 fully saturated rings. The molecule has 2 aromatic rings. The van der Waals surface area contributed by atoms with E-state index in [2.05, 4.69) is 25.7 Å². The number of rotatable bonds is 5. The standard InChI is InChI=1S/C18H23F3N6.HI/c1-22-16(23-10-15-25-12-26-27(15)2)24-11-17(7-4-8-17)13-5-3-6-14(9-13)18(19,20)21;/h3,5-6,9,12H,4,7-8,10-11H2,1-2H3,(H2,22,23,24);1H. The second-order valence-corrected chi connectivity index (χ2v) is 6.79. The normalized spacial score (nSPS) is 16.1. The van der Waals surface area contributed by atoms with Gasteiger partial charge in [-0.2, -0.15) is 18.3 Å². The highest BCUT2D eigenvalue weighted by Crippen LogP contribution is 2.44. The number of aryl methyl sites for hydroxylation is 1. The van der Waals surface area contributed by atoms with Gasteiger partial charge in [-0.05, 0) is 24.5 Å². The van der Waals surface area contributed by atoms with Crippen LogP contribution in [-0.2, 0) is 25.2 Å². The van der Waals surface area contributed by atoms with Crippen LogP contribution >= 0.6 is 24.0 Å². The predicted octanol–water partition coefficient (Wildman–Crippen LogP) is 3.24. The van der Waals surface area contributed by atoms with Crippen LogP contribution in [0.5, 0.6) is 0 Å². The molecule has 0 spiro atoms. The van der Waals surface area contributed by atoms with Crippen LogP contribution in [0.2, 0.25) is 0 Å². The largest absolute Gasteiger partial charge is 0.416 e. The van der Waals surface area contributed by atoms with Gasteiger partial charge in [0.2, 0.25) is 0 Å². The maximum absolute atomic E-state index is 13.1. The Bertz CT molecular complexity index is 814. The van der Waals surface area contributed by atoms with Crippen molar-refractivity contribution in [2.24, 2.45) is 12.0 Å². The number of alkyl halides is 3. The highest BCUT2D eigenvalue weighted by atomic mass is 127. The monoisotopic (exact) mass is 508 g/mol. The summed E-state index contributed by atoms with van der Waals surface area (Å²) < 4.78 is 40.8. The third kappa shape index (κ3) is 4.95. The minimum atomic E-state index is -4.33. The quantitative estimate of drug-likeness (QED) is 0.370. The van der Waals surface area contributed by atoms with Crippen LogP contribution in [0.3, 0.4) is 0 Å². The summed E-state index contributed by atoms with van der Waals surface area (Å²) in [6.07, 6.45) is -0.154. The van der Waals surface area contributed by atoms with Crippen LogP contribution in [0.4, 0.5) is 13.2 Å². The fourth-order valence-corrected chi connectivity index (χ4v) is 3.31. The molecule has 0 unspecified atom stereocenters.